The number of benzene rings is 1. The zero-order valence-electron chi connectivity index (χ0n) is 13.0. The van der Waals surface area contributed by atoms with Gasteiger partial charge in [0, 0.05) is 17.9 Å². The fourth-order valence-electron chi connectivity index (χ4n) is 3.99. The molecule has 2 saturated carbocycles. The summed E-state index contributed by atoms with van der Waals surface area (Å²) in [6.07, 6.45) is 0.607. The summed E-state index contributed by atoms with van der Waals surface area (Å²) in [6, 6.07) is 4.47. The van der Waals surface area contributed by atoms with Crippen molar-refractivity contribution in [2.75, 3.05) is 6.54 Å². The fourth-order valence-corrected chi connectivity index (χ4v) is 4.31. The molecule has 0 amide bonds. The molecule has 0 saturated heterocycles. The Morgan fingerprint density at radius 3 is 2.52 bits per heavy atom. The highest BCUT2D eigenvalue weighted by atomic mass is 35.5. The Morgan fingerprint density at radius 1 is 1.28 bits per heavy atom. The second-order valence-corrected chi connectivity index (χ2v) is 7.45. The minimum atomic E-state index is -2.55. The molecule has 1 aromatic carbocycles. The minimum absolute atomic E-state index is 0.0671. The average Bonchev–Trinajstić information content (AvgIpc) is 3.01. The molecule has 2 aliphatic rings. The van der Waals surface area contributed by atoms with Crippen molar-refractivity contribution in [3.63, 3.8) is 0 Å². The number of nitrogens with two attached hydrogens (primary N) is 1. The van der Waals surface area contributed by atoms with Gasteiger partial charge in [-0.25, -0.2) is 9.18 Å². The molecule has 5 N–H and O–H groups in total. The van der Waals surface area contributed by atoms with Gasteiger partial charge in [-0.15, -0.1) is 0 Å². The van der Waals surface area contributed by atoms with Gasteiger partial charge in [-0.2, -0.15) is 0 Å². The smallest absolute Gasteiger partial charge is 0.342 e. The van der Waals surface area contributed by atoms with Crippen molar-refractivity contribution >= 4 is 35.1 Å². The van der Waals surface area contributed by atoms with Crippen LogP contribution in [-0.4, -0.2) is 45.9 Å². The average molecular weight is 391 g/mol. The molecular formula is C16H17Cl2FN2O4. The highest BCUT2D eigenvalue weighted by molar-refractivity contribution is 6.42. The number of carbonyl (C=O) groups is 2. The summed E-state index contributed by atoms with van der Waals surface area (Å²) in [4.78, 5) is 22.7. The van der Waals surface area contributed by atoms with Crippen LogP contribution in [0.2, 0.25) is 10.0 Å². The van der Waals surface area contributed by atoms with E-state index in [1.54, 1.807) is 18.2 Å². The summed E-state index contributed by atoms with van der Waals surface area (Å²) in [5.74, 6) is -5.15. The van der Waals surface area contributed by atoms with E-state index in [9.17, 15) is 19.1 Å². The van der Waals surface area contributed by atoms with Gasteiger partial charge in [0.15, 0.2) is 0 Å². The Bertz CT molecular complexity index is 749. The van der Waals surface area contributed by atoms with Crippen molar-refractivity contribution in [3.8, 4) is 0 Å². The second kappa shape index (κ2) is 6.09. The molecule has 2 aliphatic carbocycles. The Balaban J connectivity index is 1.66. The molecule has 136 valence electrons. The van der Waals surface area contributed by atoms with E-state index in [4.69, 9.17) is 34.0 Å². The lowest BCUT2D eigenvalue weighted by Crippen LogP contribution is -2.64. The zero-order chi connectivity index (χ0) is 18.6. The van der Waals surface area contributed by atoms with Gasteiger partial charge in [-0.3, -0.25) is 4.79 Å². The first-order chi connectivity index (χ1) is 11.6. The molecule has 0 aliphatic heterocycles. The Morgan fingerprint density at radius 2 is 1.96 bits per heavy atom. The van der Waals surface area contributed by atoms with E-state index in [1.807, 2.05) is 0 Å². The Hall–Kier alpha value is -1.41. The van der Waals surface area contributed by atoms with Gasteiger partial charge < -0.3 is 21.3 Å². The van der Waals surface area contributed by atoms with Crippen molar-refractivity contribution in [2.24, 2.45) is 17.6 Å². The van der Waals surface area contributed by atoms with Gasteiger partial charge in [-0.05, 0) is 37.1 Å². The maximum Gasteiger partial charge on any atom is 0.342 e. The van der Waals surface area contributed by atoms with Crippen LogP contribution in [0, 0.1) is 11.8 Å². The van der Waals surface area contributed by atoms with Crippen LogP contribution in [0.5, 0.6) is 0 Å². The van der Waals surface area contributed by atoms with Gasteiger partial charge in [0.25, 0.3) is 0 Å². The van der Waals surface area contributed by atoms with Gasteiger partial charge >= 0.3 is 11.9 Å². The molecule has 2 fully saturated rings. The molecule has 9 heteroatoms. The third-order valence-corrected chi connectivity index (χ3v) is 6.09. The number of carboxylic acids is 2. The zero-order valence-corrected chi connectivity index (χ0v) is 14.5. The van der Waals surface area contributed by atoms with E-state index >= 15 is 0 Å². The number of halogens is 3. The molecule has 3 rings (SSSR count). The first-order valence-corrected chi connectivity index (χ1v) is 8.51. The molecule has 0 bridgehead atoms. The van der Waals surface area contributed by atoms with E-state index in [0.717, 1.165) is 5.56 Å². The summed E-state index contributed by atoms with van der Waals surface area (Å²) >= 11 is 11.8. The standard InChI is InChI=1S/C16H17Cl2FN2O4/c17-9-2-1-7(5-10(9)18)3-4-21-11-6-8-12(15(8,19)13(22)23)16(11,20)14(24)25/h1-2,5,8,11-12,21H,3-4,6,20H2,(H,22,23)(H,24,25)/t8-,11-,12+,15-,16+/m1/s1. The van der Waals surface area contributed by atoms with Gasteiger partial charge in [0.2, 0.25) is 5.67 Å². The number of carboxylic acid groups (broad SMARTS) is 2. The Labute approximate surface area is 153 Å². The van der Waals surface area contributed by atoms with Crippen LogP contribution in [0.4, 0.5) is 4.39 Å². The predicted molar refractivity (Wildman–Crippen MR) is 89.6 cm³/mol. The number of rotatable bonds is 6. The van der Waals surface area contributed by atoms with Crippen LogP contribution in [-0.2, 0) is 16.0 Å². The predicted octanol–water partition coefficient (Wildman–Crippen LogP) is 1.72. The normalized spacial score (nSPS) is 36.1. The molecule has 1 aromatic rings. The highest BCUT2D eigenvalue weighted by Gasteiger charge is 2.84. The molecule has 6 nitrogen and oxygen atoms in total. The van der Waals surface area contributed by atoms with Crippen LogP contribution in [0.1, 0.15) is 12.0 Å². The van der Waals surface area contributed by atoms with Crippen molar-refractivity contribution in [1.29, 1.82) is 0 Å². The minimum Gasteiger partial charge on any atom is -0.480 e. The highest BCUT2D eigenvalue weighted by Crippen LogP contribution is 2.66. The second-order valence-electron chi connectivity index (χ2n) is 6.64. The number of fused-ring (bicyclic) bond motifs is 1. The van der Waals surface area contributed by atoms with Crippen LogP contribution in [0.25, 0.3) is 0 Å². The van der Waals surface area contributed by atoms with E-state index < -0.39 is 41.0 Å². The maximum atomic E-state index is 14.4. The topological polar surface area (TPSA) is 113 Å². The molecule has 5 atom stereocenters. The Kier molecular flexibility index (Phi) is 4.48. The van der Waals surface area contributed by atoms with E-state index in [2.05, 4.69) is 5.32 Å². The number of aliphatic carboxylic acids is 2. The molecular weight excluding hydrogens is 374 g/mol. The number of nitrogens with one attached hydrogen (secondary N) is 1. The summed E-state index contributed by atoms with van der Waals surface area (Å²) in [5, 5.41) is 22.4. The molecule has 0 unspecified atom stereocenters. The van der Waals surface area contributed by atoms with Crippen LogP contribution in [0.15, 0.2) is 18.2 Å². The summed E-state index contributed by atoms with van der Waals surface area (Å²) < 4.78 is 14.4. The monoisotopic (exact) mass is 390 g/mol. The molecule has 0 spiro atoms. The van der Waals surface area contributed by atoms with Crippen molar-refractivity contribution in [1.82, 2.24) is 5.32 Å². The SMILES string of the molecule is N[C@]1(C(=O)O)[C@H]2[C@@H](C[C@H]1NCCc1ccc(Cl)c(Cl)c1)[C@]2(F)C(=O)O. The van der Waals surface area contributed by atoms with Crippen LogP contribution in [0.3, 0.4) is 0 Å². The van der Waals surface area contributed by atoms with Crippen molar-refractivity contribution in [3.05, 3.63) is 33.8 Å². The molecule has 0 radical (unpaired) electrons. The largest absolute Gasteiger partial charge is 0.480 e. The lowest BCUT2D eigenvalue weighted by molar-refractivity contribution is -0.150. The van der Waals surface area contributed by atoms with Crippen LogP contribution < -0.4 is 11.1 Å². The van der Waals surface area contributed by atoms with Gasteiger partial charge in [0.1, 0.15) is 5.54 Å². The number of hydrogen-bond acceptors (Lipinski definition) is 4. The molecule has 0 heterocycles. The summed E-state index contributed by atoms with van der Waals surface area (Å²) in [5.41, 5.74) is 2.37. The van der Waals surface area contributed by atoms with Crippen molar-refractivity contribution < 1.29 is 24.2 Å². The number of hydrogen-bond donors (Lipinski definition) is 4. The first-order valence-electron chi connectivity index (χ1n) is 7.75. The quantitative estimate of drug-likeness (QED) is 0.588. The van der Waals surface area contributed by atoms with E-state index in [1.165, 1.54) is 0 Å². The van der Waals surface area contributed by atoms with E-state index in [-0.39, 0.29) is 6.42 Å². The van der Waals surface area contributed by atoms with Gasteiger partial charge in [0.05, 0.1) is 10.0 Å². The van der Waals surface area contributed by atoms with Gasteiger partial charge in [-0.1, -0.05) is 29.3 Å². The molecule has 0 aromatic heterocycles. The fraction of sp³-hybridized carbons (Fsp3) is 0.500. The first kappa shape index (κ1) is 18.4. The lowest BCUT2D eigenvalue weighted by atomic mass is 9.86. The summed E-state index contributed by atoms with van der Waals surface area (Å²) in [7, 11) is 0. The third kappa shape index (κ3) is 2.70. The van der Waals surface area contributed by atoms with Crippen molar-refractivity contribution in [2.45, 2.75) is 30.1 Å². The maximum absolute atomic E-state index is 14.4. The number of alkyl halides is 1. The third-order valence-electron chi connectivity index (χ3n) is 5.35. The summed E-state index contributed by atoms with van der Waals surface area (Å²) in [6.45, 7) is 0.390. The van der Waals surface area contributed by atoms with E-state index in [0.29, 0.717) is 23.0 Å². The molecule has 25 heavy (non-hydrogen) atoms. The van der Waals surface area contributed by atoms with Crippen LogP contribution >= 0.6 is 23.2 Å². The lowest BCUT2D eigenvalue weighted by Gasteiger charge is -2.32.